The number of carbonyl (C=O) groups excluding carboxylic acids is 1. The highest BCUT2D eigenvalue weighted by Gasteiger charge is 2.18. The molecule has 2 N–H and O–H groups in total. The summed E-state index contributed by atoms with van der Waals surface area (Å²) in [5.74, 6) is 1.85. The van der Waals surface area contributed by atoms with Gasteiger partial charge in [-0.05, 0) is 48.9 Å². The van der Waals surface area contributed by atoms with Crippen LogP contribution in [0.5, 0.6) is 11.6 Å². The summed E-state index contributed by atoms with van der Waals surface area (Å²) in [5.41, 5.74) is 4.34. The van der Waals surface area contributed by atoms with E-state index < -0.39 is 0 Å². The number of hydrogen-bond acceptors (Lipinski definition) is 8. The maximum Gasteiger partial charge on any atom is 0.256 e. The van der Waals surface area contributed by atoms with Crippen LogP contribution in [0.15, 0.2) is 110 Å². The Morgan fingerprint density at radius 2 is 1.64 bits per heavy atom. The number of pyridine rings is 1. The third kappa shape index (κ3) is 5.54. The Morgan fingerprint density at radius 3 is 2.43 bits per heavy atom. The Bertz CT molecular complexity index is 1860. The van der Waals surface area contributed by atoms with E-state index in [1.807, 2.05) is 85.8 Å². The molecule has 0 aliphatic heterocycles. The summed E-state index contributed by atoms with van der Waals surface area (Å²) in [6, 6.07) is 30.2. The summed E-state index contributed by atoms with van der Waals surface area (Å²) in [6.07, 6.45) is 3.05. The fourth-order valence-corrected chi connectivity index (χ4v) is 4.32. The number of amides is 1. The molecule has 0 fully saturated rings. The fraction of sp³-hybridized carbons (Fsp3) is 0.0625. The molecule has 1 amide bonds. The topological polar surface area (TPSA) is 120 Å². The highest BCUT2D eigenvalue weighted by atomic mass is 16.5. The molecule has 3 aromatic carbocycles. The van der Waals surface area contributed by atoms with E-state index in [9.17, 15) is 4.79 Å². The number of nitrogens with zero attached hydrogens (tertiary/aromatic N) is 6. The van der Waals surface area contributed by atoms with Crippen LogP contribution in [0.1, 0.15) is 15.9 Å². The van der Waals surface area contributed by atoms with Gasteiger partial charge in [-0.25, -0.2) is 19.6 Å². The molecule has 6 rings (SSSR count). The van der Waals surface area contributed by atoms with Crippen LogP contribution in [0.25, 0.3) is 28.3 Å². The molecule has 3 heterocycles. The van der Waals surface area contributed by atoms with Gasteiger partial charge in [0.15, 0.2) is 5.82 Å². The van der Waals surface area contributed by atoms with Crippen molar-refractivity contribution >= 4 is 17.7 Å². The zero-order valence-electron chi connectivity index (χ0n) is 22.9. The zero-order valence-corrected chi connectivity index (χ0v) is 22.9. The molecule has 206 valence electrons. The lowest BCUT2D eigenvalue weighted by Crippen LogP contribution is -2.15. The number of aromatic nitrogens is 6. The number of rotatable bonds is 8. The molecule has 10 heteroatoms. The highest BCUT2D eigenvalue weighted by Crippen LogP contribution is 2.32. The maximum atomic E-state index is 13.6. The number of carbonyl (C=O) groups is 1. The first-order valence-electron chi connectivity index (χ1n) is 13.2. The maximum absolute atomic E-state index is 13.6. The van der Waals surface area contributed by atoms with Crippen molar-refractivity contribution < 1.29 is 9.53 Å². The molecule has 0 radical (unpaired) electrons. The number of nitrogens with one attached hydrogen (secondary N) is 2. The number of para-hydroxylation sites is 1. The molecule has 3 aromatic heterocycles. The lowest BCUT2D eigenvalue weighted by Gasteiger charge is -2.13. The second-order valence-electron chi connectivity index (χ2n) is 9.30. The minimum atomic E-state index is -0.311. The third-order valence-corrected chi connectivity index (χ3v) is 6.49. The van der Waals surface area contributed by atoms with Gasteiger partial charge in [0, 0.05) is 30.4 Å². The van der Waals surface area contributed by atoms with E-state index in [0.717, 1.165) is 22.5 Å². The molecule has 0 bridgehead atoms. The number of benzene rings is 3. The van der Waals surface area contributed by atoms with Gasteiger partial charge in [0.1, 0.15) is 17.9 Å². The van der Waals surface area contributed by atoms with Crippen molar-refractivity contribution in [2.24, 2.45) is 0 Å². The van der Waals surface area contributed by atoms with E-state index in [4.69, 9.17) is 9.84 Å². The number of hydrogen-bond donors (Lipinski definition) is 2. The fourth-order valence-electron chi connectivity index (χ4n) is 4.32. The van der Waals surface area contributed by atoms with Crippen LogP contribution in [0.4, 0.5) is 11.8 Å². The quantitative estimate of drug-likeness (QED) is 0.229. The smallest absolute Gasteiger partial charge is 0.256 e. The van der Waals surface area contributed by atoms with Crippen molar-refractivity contribution in [3.8, 4) is 40.0 Å². The summed E-state index contributed by atoms with van der Waals surface area (Å²) in [4.78, 5) is 30.7. The first kappa shape index (κ1) is 26.3. The summed E-state index contributed by atoms with van der Waals surface area (Å²) in [5, 5.41) is 10.7. The Kier molecular flexibility index (Phi) is 7.33. The van der Waals surface area contributed by atoms with E-state index >= 15 is 0 Å². The summed E-state index contributed by atoms with van der Waals surface area (Å²) in [7, 11) is 1.73. The number of aryl methyl sites for hydroxylation is 1. The SMILES string of the molecule is CNc1ncnc(-c2cccnc2Oc2cc(C(=O)Nc3cc(-c4ccccc4)nn3-c3ccccc3)ccc2C)n1. The van der Waals surface area contributed by atoms with Crippen molar-refractivity contribution in [1.82, 2.24) is 29.7 Å². The summed E-state index contributed by atoms with van der Waals surface area (Å²) in [6.45, 7) is 1.90. The molecule has 42 heavy (non-hydrogen) atoms. The van der Waals surface area contributed by atoms with Crippen LogP contribution in [0.3, 0.4) is 0 Å². The minimum absolute atomic E-state index is 0.307. The Hall–Kier alpha value is -5.90. The van der Waals surface area contributed by atoms with Gasteiger partial charge in [-0.1, -0.05) is 54.6 Å². The number of ether oxygens (including phenoxy) is 1. The minimum Gasteiger partial charge on any atom is -0.438 e. The third-order valence-electron chi connectivity index (χ3n) is 6.49. The Balaban J connectivity index is 1.30. The van der Waals surface area contributed by atoms with Crippen LogP contribution in [-0.4, -0.2) is 42.7 Å². The van der Waals surface area contributed by atoms with Crippen molar-refractivity contribution in [2.75, 3.05) is 17.7 Å². The van der Waals surface area contributed by atoms with Crippen LogP contribution in [0.2, 0.25) is 0 Å². The largest absolute Gasteiger partial charge is 0.438 e. The standard InChI is InChI=1S/C32H26N8O2/c1-21-15-16-23(18-27(21)42-31-25(14-9-17-34-31)29-35-20-36-32(33-2)38-29)30(41)37-28-19-26(22-10-5-3-6-11-22)39-40(28)24-12-7-4-8-13-24/h3-20H,1-2H3,(H,37,41)(H,33,35,36,38). The zero-order chi connectivity index (χ0) is 28.9. The molecule has 0 saturated heterocycles. The van der Waals surface area contributed by atoms with Gasteiger partial charge in [0.25, 0.3) is 5.91 Å². The van der Waals surface area contributed by atoms with Crippen LogP contribution in [0, 0.1) is 6.92 Å². The summed E-state index contributed by atoms with van der Waals surface area (Å²) >= 11 is 0. The average Bonchev–Trinajstić information content (AvgIpc) is 3.47. The van der Waals surface area contributed by atoms with E-state index in [-0.39, 0.29) is 5.91 Å². The van der Waals surface area contributed by atoms with Gasteiger partial charge in [-0.3, -0.25) is 4.79 Å². The van der Waals surface area contributed by atoms with Crippen LogP contribution >= 0.6 is 0 Å². The molecule has 10 nitrogen and oxygen atoms in total. The van der Waals surface area contributed by atoms with Gasteiger partial charge in [0.05, 0.1) is 16.9 Å². The van der Waals surface area contributed by atoms with E-state index in [0.29, 0.717) is 40.3 Å². The molecule has 0 aliphatic carbocycles. The second-order valence-corrected chi connectivity index (χ2v) is 9.30. The van der Waals surface area contributed by atoms with Gasteiger partial charge >= 0.3 is 0 Å². The molecule has 0 aliphatic rings. The molecule has 0 atom stereocenters. The van der Waals surface area contributed by atoms with Gasteiger partial charge < -0.3 is 15.4 Å². The average molecular weight is 555 g/mol. The Labute approximate surface area is 242 Å². The van der Waals surface area contributed by atoms with Crippen molar-refractivity contribution in [3.63, 3.8) is 0 Å². The van der Waals surface area contributed by atoms with Crippen LogP contribution in [-0.2, 0) is 0 Å². The second kappa shape index (κ2) is 11.7. The first-order chi connectivity index (χ1) is 20.6. The van der Waals surface area contributed by atoms with Crippen molar-refractivity contribution in [3.05, 3.63) is 121 Å². The normalized spacial score (nSPS) is 10.7. The van der Waals surface area contributed by atoms with Crippen molar-refractivity contribution in [1.29, 1.82) is 0 Å². The van der Waals surface area contributed by atoms with E-state index in [2.05, 4.69) is 30.6 Å². The van der Waals surface area contributed by atoms with E-state index in [1.165, 1.54) is 6.33 Å². The van der Waals surface area contributed by atoms with Gasteiger partial charge in [0.2, 0.25) is 11.8 Å². The monoisotopic (exact) mass is 554 g/mol. The molecule has 0 spiro atoms. The van der Waals surface area contributed by atoms with Crippen LogP contribution < -0.4 is 15.4 Å². The Morgan fingerprint density at radius 1 is 0.857 bits per heavy atom. The molecular weight excluding hydrogens is 528 g/mol. The molecule has 6 aromatic rings. The lowest BCUT2D eigenvalue weighted by atomic mass is 10.1. The van der Waals surface area contributed by atoms with E-state index in [1.54, 1.807) is 36.1 Å². The number of anilines is 2. The first-order valence-corrected chi connectivity index (χ1v) is 13.2. The summed E-state index contributed by atoms with van der Waals surface area (Å²) < 4.78 is 7.96. The van der Waals surface area contributed by atoms with Gasteiger partial charge in [-0.2, -0.15) is 10.1 Å². The predicted octanol–water partition coefficient (Wildman–Crippen LogP) is 6.18. The molecular formula is C32H26N8O2. The lowest BCUT2D eigenvalue weighted by molar-refractivity contribution is 0.102. The molecule has 0 saturated carbocycles. The molecule has 0 unspecified atom stereocenters. The highest BCUT2D eigenvalue weighted by molar-refractivity contribution is 6.04. The van der Waals surface area contributed by atoms with Gasteiger partial charge in [-0.15, -0.1) is 0 Å². The predicted molar refractivity (Wildman–Crippen MR) is 161 cm³/mol. The van der Waals surface area contributed by atoms with Crippen molar-refractivity contribution in [2.45, 2.75) is 6.92 Å².